The van der Waals surface area contributed by atoms with Crippen molar-refractivity contribution in [2.75, 3.05) is 4.90 Å². The van der Waals surface area contributed by atoms with Crippen molar-refractivity contribution in [3.63, 3.8) is 0 Å². The molecule has 1 fully saturated rings. The number of para-hydroxylation sites is 5. The standard InChI is InChI=1S/C60H45NO/c1-2-18-40(19-3-1)44-28-14-21-42-22-15-31-52(59(42)44)49-25-7-11-35-56(49)61(57-36-12-8-26-50(57)53-32-17-33-54-51-27-9-13-37-58(51)62-60(53)54)55-34-10-6-24-48(55)46-30-16-29-45-43-23-5-4-20-41(43)38-39-47(45)46/h4-17,20-40H,1-3,18-19H2. The van der Waals surface area contributed by atoms with Crippen LogP contribution in [0.2, 0.25) is 0 Å². The summed E-state index contributed by atoms with van der Waals surface area (Å²) in [6.45, 7) is 0. The Balaban J connectivity index is 1.15. The van der Waals surface area contributed by atoms with Gasteiger partial charge >= 0.3 is 0 Å². The Labute approximate surface area is 362 Å². The largest absolute Gasteiger partial charge is 0.455 e. The summed E-state index contributed by atoms with van der Waals surface area (Å²) in [5.74, 6) is 0.560. The topological polar surface area (TPSA) is 16.4 Å². The number of furan rings is 1. The Kier molecular flexibility index (Phi) is 8.96. The molecule has 0 saturated heterocycles. The summed E-state index contributed by atoms with van der Waals surface area (Å²) in [5.41, 5.74) is 13.6. The first kappa shape index (κ1) is 36.4. The molecule has 0 aliphatic heterocycles. The molecule has 62 heavy (non-hydrogen) atoms. The van der Waals surface area contributed by atoms with E-state index in [0.717, 1.165) is 50.1 Å². The zero-order chi connectivity index (χ0) is 41.0. The number of nitrogens with zero attached hydrogens (tertiary/aromatic N) is 1. The van der Waals surface area contributed by atoms with Crippen LogP contribution in [0.4, 0.5) is 17.1 Å². The van der Waals surface area contributed by atoms with Crippen molar-refractivity contribution in [1.82, 2.24) is 0 Å². The molecule has 0 unspecified atom stereocenters. The Bertz CT molecular complexity index is 3470. The molecule has 1 saturated carbocycles. The van der Waals surface area contributed by atoms with E-state index in [0.29, 0.717) is 5.92 Å². The third-order valence-corrected chi connectivity index (χ3v) is 13.5. The summed E-state index contributed by atoms with van der Waals surface area (Å²) >= 11 is 0. The molecule has 2 heteroatoms. The van der Waals surface area contributed by atoms with E-state index in [1.54, 1.807) is 0 Å². The zero-order valence-electron chi connectivity index (χ0n) is 34.6. The van der Waals surface area contributed by atoms with Gasteiger partial charge in [-0.3, -0.25) is 0 Å². The maximum Gasteiger partial charge on any atom is 0.143 e. The van der Waals surface area contributed by atoms with Crippen LogP contribution in [0.15, 0.2) is 211 Å². The van der Waals surface area contributed by atoms with Crippen molar-refractivity contribution >= 4 is 71.3 Å². The van der Waals surface area contributed by atoms with Crippen molar-refractivity contribution in [3.05, 3.63) is 212 Å². The molecule has 296 valence electrons. The van der Waals surface area contributed by atoms with E-state index in [9.17, 15) is 0 Å². The van der Waals surface area contributed by atoms with Gasteiger partial charge in [-0.2, -0.15) is 0 Å². The van der Waals surface area contributed by atoms with E-state index in [2.05, 4.69) is 211 Å². The van der Waals surface area contributed by atoms with Crippen molar-refractivity contribution in [2.45, 2.75) is 38.0 Å². The Hall–Kier alpha value is -7.42. The molecule has 0 N–H and O–H groups in total. The van der Waals surface area contributed by atoms with Crippen LogP contribution in [-0.4, -0.2) is 0 Å². The molecule has 1 aliphatic carbocycles. The van der Waals surface area contributed by atoms with Crippen LogP contribution in [0, 0.1) is 0 Å². The maximum atomic E-state index is 6.75. The second kappa shape index (κ2) is 15.2. The molecule has 1 heterocycles. The number of hydrogen-bond donors (Lipinski definition) is 0. The summed E-state index contributed by atoms with van der Waals surface area (Å²) in [7, 11) is 0. The summed E-state index contributed by atoms with van der Waals surface area (Å²) in [6.07, 6.45) is 6.41. The van der Waals surface area contributed by atoms with Crippen molar-refractivity contribution < 1.29 is 4.42 Å². The van der Waals surface area contributed by atoms with Crippen LogP contribution in [0.5, 0.6) is 0 Å². The average molecular weight is 796 g/mol. The predicted octanol–water partition coefficient (Wildman–Crippen LogP) is 17.6. The highest BCUT2D eigenvalue weighted by Crippen LogP contribution is 2.51. The highest BCUT2D eigenvalue weighted by atomic mass is 16.3. The molecule has 10 aromatic carbocycles. The smallest absolute Gasteiger partial charge is 0.143 e. The van der Waals surface area contributed by atoms with Gasteiger partial charge in [0.2, 0.25) is 0 Å². The number of benzene rings is 10. The van der Waals surface area contributed by atoms with Crippen molar-refractivity contribution in [2.24, 2.45) is 0 Å². The molecule has 0 atom stereocenters. The van der Waals surface area contributed by atoms with Gasteiger partial charge in [0.15, 0.2) is 0 Å². The lowest BCUT2D eigenvalue weighted by atomic mass is 9.80. The minimum absolute atomic E-state index is 0.560. The van der Waals surface area contributed by atoms with E-state index in [-0.39, 0.29) is 0 Å². The van der Waals surface area contributed by atoms with Gasteiger partial charge in [-0.15, -0.1) is 0 Å². The number of fused-ring (bicyclic) bond motifs is 7. The lowest BCUT2D eigenvalue weighted by molar-refractivity contribution is 0.445. The number of hydrogen-bond acceptors (Lipinski definition) is 2. The highest BCUT2D eigenvalue weighted by Gasteiger charge is 2.27. The molecule has 1 aromatic heterocycles. The van der Waals surface area contributed by atoms with E-state index in [1.165, 1.54) is 92.2 Å². The molecular formula is C60H45NO. The lowest BCUT2D eigenvalue weighted by Crippen LogP contribution is -2.14. The van der Waals surface area contributed by atoms with Crippen LogP contribution in [0.25, 0.3) is 87.6 Å². The number of anilines is 3. The van der Waals surface area contributed by atoms with Gasteiger partial charge in [0.1, 0.15) is 11.2 Å². The second-order valence-corrected chi connectivity index (χ2v) is 16.9. The fourth-order valence-electron chi connectivity index (χ4n) is 10.7. The molecule has 1 aliphatic rings. The van der Waals surface area contributed by atoms with Gasteiger partial charge in [-0.25, -0.2) is 0 Å². The summed E-state index contributed by atoms with van der Waals surface area (Å²) in [5, 5.41) is 9.93. The van der Waals surface area contributed by atoms with Crippen molar-refractivity contribution in [3.8, 4) is 33.4 Å². The first-order valence-corrected chi connectivity index (χ1v) is 22.2. The Morgan fingerprint density at radius 1 is 0.339 bits per heavy atom. The molecule has 0 spiro atoms. The van der Waals surface area contributed by atoms with Gasteiger partial charge in [-0.05, 0) is 92.0 Å². The molecule has 0 amide bonds. The monoisotopic (exact) mass is 795 g/mol. The quantitative estimate of drug-likeness (QED) is 0.149. The van der Waals surface area contributed by atoms with E-state index in [1.807, 2.05) is 0 Å². The third kappa shape index (κ3) is 6.01. The molecular weight excluding hydrogens is 751 g/mol. The van der Waals surface area contributed by atoms with Crippen LogP contribution in [0.3, 0.4) is 0 Å². The Morgan fingerprint density at radius 3 is 1.61 bits per heavy atom. The molecule has 12 rings (SSSR count). The minimum atomic E-state index is 0.560. The SMILES string of the molecule is c1ccc(N(c2ccccc2-c2cccc3c2oc2ccccc23)c2ccccc2-c2cccc3cccc(C4CCCCC4)c23)c(-c2cccc3c2ccc2ccccc23)c1. The lowest BCUT2D eigenvalue weighted by Gasteiger charge is -2.32. The second-order valence-electron chi connectivity index (χ2n) is 16.9. The summed E-state index contributed by atoms with van der Waals surface area (Å²) < 4.78 is 6.75. The first-order chi connectivity index (χ1) is 30.8. The average Bonchev–Trinajstić information content (AvgIpc) is 3.73. The van der Waals surface area contributed by atoms with Gasteiger partial charge in [0.05, 0.1) is 17.1 Å². The minimum Gasteiger partial charge on any atom is -0.455 e. The van der Waals surface area contributed by atoms with Crippen molar-refractivity contribution in [1.29, 1.82) is 0 Å². The van der Waals surface area contributed by atoms with Gasteiger partial charge in [0, 0.05) is 33.0 Å². The summed E-state index contributed by atoms with van der Waals surface area (Å²) in [6, 6.07) is 75.9. The van der Waals surface area contributed by atoms with Gasteiger partial charge in [0.25, 0.3) is 0 Å². The summed E-state index contributed by atoms with van der Waals surface area (Å²) in [4.78, 5) is 2.53. The normalized spacial score (nSPS) is 13.4. The van der Waals surface area contributed by atoms with Gasteiger partial charge in [-0.1, -0.05) is 201 Å². The molecule has 2 nitrogen and oxygen atoms in total. The van der Waals surface area contributed by atoms with E-state index >= 15 is 0 Å². The fraction of sp³-hybridized carbons (Fsp3) is 0.100. The van der Waals surface area contributed by atoms with E-state index in [4.69, 9.17) is 4.42 Å². The third-order valence-electron chi connectivity index (χ3n) is 13.5. The first-order valence-electron chi connectivity index (χ1n) is 22.2. The van der Waals surface area contributed by atoms with Crippen LogP contribution in [-0.2, 0) is 0 Å². The van der Waals surface area contributed by atoms with E-state index < -0.39 is 0 Å². The fourth-order valence-corrected chi connectivity index (χ4v) is 10.7. The molecule has 11 aromatic rings. The Morgan fingerprint density at radius 2 is 0.855 bits per heavy atom. The number of rotatable bonds is 7. The zero-order valence-corrected chi connectivity index (χ0v) is 34.6. The predicted molar refractivity (Wildman–Crippen MR) is 263 cm³/mol. The van der Waals surface area contributed by atoms with Gasteiger partial charge < -0.3 is 9.32 Å². The maximum absolute atomic E-state index is 6.75. The van der Waals surface area contributed by atoms with Crippen LogP contribution in [0.1, 0.15) is 43.6 Å². The van der Waals surface area contributed by atoms with Crippen LogP contribution >= 0.6 is 0 Å². The molecule has 0 radical (unpaired) electrons. The van der Waals surface area contributed by atoms with Crippen LogP contribution < -0.4 is 4.90 Å². The highest BCUT2D eigenvalue weighted by molar-refractivity contribution is 6.15. The molecule has 0 bridgehead atoms.